The molecule has 0 saturated carbocycles. The number of hydrogen-bond donors (Lipinski definition) is 1. The number of hydrogen-bond acceptors (Lipinski definition) is 3. The van der Waals surface area contributed by atoms with Gasteiger partial charge in [-0.3, -0.25) is 0 Å². The average Bonchev–Trinajstić information content (AvgIpc) is 3.12. The quantitative estimate of drug-likeness (QED) is 0.423. The normalized spacial score (nSPS) is 15.1. The fourth-order valence-corrected chi connectivity index (χ4v) is 4.52. The van der Waals surface area contributed by atoms with Crippen LogP contribution in [0, 0.1) is 0 Å². The van der Waals surface area contributed by atoms with Crippen molar-refractivity contribution in [2.75, 3.05) is 0 Å². The van der Waals surface area contributed by atoms with E-state index in [9.17, 15) is 9.00 Å². The Labute approximate surface area is 199 Å². The molecule has 3 rings (SSSR count). The summed E-state index contributed by atoms with van der Waals surface area (Å²) in [5, 5.41) is 0.905. The zero-order valence-corrected chi connectivity index (χ0v) is 21.1. The van der Waals surface area contributed by atoms with Crippen molar-refractivity contribution in [3.8, 4) is 0 Å². The van der Waals surface area contributed by atoms with Crippen LogP contribution in [0.2, 0.25) is 0 Å². The van der Waals surface area contributed by atoms with Crippen molar-refractivity contribution in [2.45, 2.75) is 63.9 Å². The molecular weight excluding hydrogens is 432 g/mol. The van der Waals surface area contributed by atoms with Crippen molar-refractivity contribution in [3.05, 3.63) is 84.6 Å². The number of nitrogens with zero attached hydrogens (tertiary/aromatic N) is 1. The van der Waals surface area contributed by atoms with E-state index < -0.39 is 33.5 Å². The predicted molar refractivity (Wildman–Crippen MR) is 137 cm³/mol. The predicted octanol–water partition coefficient (Wildman–Crippen LogP) is 6.49. The molecule has 1 aromatic heterocycles. The summed E-state index contributed by atoms with van der Waals surface area (Å²) in [7, 11) is -1.39. The third kappa shape index (κ3) is 5.81. The zero-order valence-electron chi connectivity index (χ0n) is 20.3. The molecule has 0 radical (unpaired) electrons. The van der Waals surface area contributed by atoms with Crippen LogP contribution in [-0.4, -0.2) is 25.2 Å². The number of carbonyl (C=O) groups is 1. The molecule has 5 nitrogen and oxygen atoms in total. The molecule has 0 aliphatic heterocycles. The number of para-hydroxylation sites is 1. The lowest BCUT2D eigenvalue weighted by Crippen LogP contribution is -2.39. The Hall–Kier alpha value is -2.70. The molecule has 3 atom stereocenters. The molecule has 0 bridgehead atoms. The number of benzene rings is 2. The number of aromatic nitrogens is 1. The van der Waals surface area contributed by atoms with Gasteiger partial charge in [0.15, 0.2) is 0 Å². The summed E-state index contributed by atoms with van der Waals surface area (Å²) in [6, 6.07) is 19.1. The van der Waals surface area contributed by atoms with E-state index in [1.165, 1.54) is 0 Å². The van der Waals surface area contributed by atoms with Gasteiger partial charge in [-0.15, -0.1) is 6.58 Å². The van der Waals surface area contributed by atoms with E-state index in [2.05, 4.69) is 11.3 Å². The van der Waals surface area contributed by atoms with E-state index in [0.717, 1.165) is 16.5 Å². The molecule has 1 heterocycles. The van der Waals surface area contributed by atoms with Crippen LogP contribution in [0.5, 0.6) is 0 Å². The highest BCUT2D eigenvalue weighted by Crippen LogP contribution is 2.36. The molecule has 0 aliphatic rings. The van der Waals surface area contributed by atoms with Crippen LogP contribution in [0.4, 0.5) is 4.79 Å². The van der Waals surface area contributed by atoms with Gasteiger partial charge in [0.05, 0.1) is 27.3 Å². The summed E-state index contributed by atoms with van der Waals surface area (Å²) < 4.78 is 23.4. The van der Waals surface area contributed by atoms with Crippen molar-refractivity contribution >= 4 is 28.0 Å². The lowest BCUT2D eigenvalue weighted by molar-refractivity contribution is 0.0537. The Balaban J connectivity index is 2.24. The van der Waals surface area contributed by atoms with E-state index in [1.807, 2.05) is 108 Å². The molecule has 0 aliphatic carbocycles. The molecule has 0 amide bonds. The molecule has 0 spiro atoms. The van der Waals surface area contributed by atoms with Gasteiger partial charge >= 0.3 is 6.09 Å². The summed E-state index contributed by atoms with van der Waals surface area (Å²) in [6.45, 7) is 15.4. The van der Waals surface area contributed by atoms with Crippen molar-refractivity contribution in [1.29, 1.82) is 0 Å². The first-order valence-electron chi connectivity index (χ1n) is 11.1. The first-order valence-corrected chi connectivity index (χ1v) is 12.3. The maximum absolute atomic E-state index is 13.4. The molecule has 1 unspecified atom stereocenters. The minimum absolute atomic E-state index is 0.233. The van der Waals surface area contributed by atoms with Crippen molar-refractivity contribution in [2.24, 2.45) is 0 Å². The number of rotatable bonds is 6. The highest BCUT2D eigenvalue weighted by Gasteiger charge is 2.33. The summed E-state index contributed by atoms with van der Waals surface area (Å²) in [5.74, 6) is -0.233. The number of carbonyl (C=O) groups excluding carboxylic acids is 1. The largest absolute Gasteiger partial charge is 0.443 e. The smallest absolute Gasteiger partial charge is 0.419 e. The second-order valence-electron chi connectivity index (χ2n) is 10.1. The number of nitrogens with one attached hydrogen (secondary N) is 1. The second-order valence-corrected chi connectivity index (χ2v) is 12.1. The summed E-state index contributed by atoms with van der Waals surface area (Å²) in [6.07, 6.45) is 1.37. The molecule has 0 fully saturated rings. The van der Waals surface area contributed by atoms with E-state index >= 15 is 0 Å². The lowest BCUT2D eigenvalue weighted by atomic mass is 9.90. The number of ether oxygens (including phenoxy) is 1. The van der Waals surface area contributed by atoms with Crippen LogP contribution in [0.25, 0.3) is 10.9 Å². The van der Waals surface area contributed by atoms with Gasteiger partial charge in [0, 0.05) is 17.0 Å². The summed E-state index contributed by atoms with van der Waals surface area (Å²) in [4.78, 5) is 13.4. The van der Waals surface area contributed by atoms with Crippen LogP contribution >= 0.6 is 0 Å². The first kappa shape index (κ1) is 24.9. The van der Waals surface area contributed by atoms with Crippen LogP contribution < -0.4 is 4.72 Å². The molecule has 0 saturated heterocycles. The topological polar surface area (TPSA) is 60.3 Å². The van der Waals surface area contributed by atoms with Gasteiger partial charge in [-0.05, 0) is 59.2 Å². The van der Waals surface area contributed by atoms with Crippen molar-refractivity contribution in [1.82, 2.24) is 9.29 Å². The van der Waals surface area contributed by atoms with E-state index in [4.69, 9.17) is 4.74 Å². The standard InChI is InChI=1S/C27H34N2O3S/c1-8-21(19-14-10-9-11-15-19)24(28-33(31)27(5,6)7)23-18-20-16-12-13-17-22(20)29(23)25(30)32-26(2,3)4/h8-18,21,24,28H,1H2,2-7H3/t21-,24-,33?/m0/s1. The minimum Gasteiger partial charge on any atom is -0.443 e. The van der Waals surface area contributed by atoms with Gasteiger partial charge in [0.25, 0.3) is 0 Å². The monoisotopic (exact) mass is 466 g/mol. The SMILES string of the molecule is C=C[C@@H](c1ccccc1)[C@H](NS(=O)C(C)(C)C)c1cc2ccccc2n1C(=O)OC(C)(C)C. The van der Waals surface area contributed by atoms with E-state index in [-0.39, 0.29) is 5.92 Å². The number of fused-ring (bicyclic) bond motifs is 1. The van der Waals surface area contributed by atoms with Crippen LogP contribution in [-0.2, 0) is 15.7 Å². The lowest BCUT2D eigenvalue weighted by Gasteiger charge is -2.30. The molecule has 3 aromatic rings. The van der Waals surface area contributed by atoms with Crippen LogP contribution in [0.15, 0.2) is 73.3 Å². The Kier molecular flexibility index (Phi) is 7.29. The van der Waals surface area contributed by atoms with Gasteiger partial charge in [0.1, 0.15) is 5.60 Å². The fraction of sp³-hybridized carbons (Fsp3) is 0.370. The summed E-state index contributed by atoms with van der Waals surface area (Å²) in [5.41, 5.74) is 1.77. The van der Waals surface area contributed by atoms with Crippen molar-refractivity contribution < 1.29 is 13.7 Å². The third-order valence-electron chi connectivity index (χ3n) is 5.22. The van der Waals surface area contributed by atoms with Gasteiger partial charge in [0.2, 0.25) is 0 Å². The maximum Gasteiger partial charge on any atom is 0.419 e. The summed E-state index contributed by atoms with van der Waals surface area (Å²) >= 11 is 0. The molecule has 33 heavy (non-hydrogen) atoms. The van der Waals surface area contributed by atoms with Crippen LogP contribution in [0.3, 0.4) is 0 Å². The third-order valence-corrected chi connectivity index (χ3v) is 6.80. The first-order chi connectivity index (χ1) is 15.4. The Morgan fingerprint density at radius 3 is 2.21 bits per heavy atom. The van der Waals surface area contributed by atoms with Crippen LogP contribution in [0.1, 0.15) is 64.8 Å². The van der Waals surface area contributed by atoms with E-state index in [0.29, 0.717) is 5.69 Å². The van der Waals surface area contributed by atoms with Gasteiger partial charge in [-0.25, -0.2) is 18.3 Å². The highest BCUT2D eigenvalue weighted by molar-refractivity contribution is 7.84. The van der Waals surface area contributed by atoms with Gasteiger partial charge < -0.3 is 4.74 Å². The van der Waals surface area contributed by atoms with Gasteiger partial charge in [-0.2, -0.15) is 0 Å². The maximum atomic E-state index is 13.4. The molecule has 2 aromatic carbocycles. The average molecular weight is 467 g/mol. The minimum atomic E-state index is -1.39. The second kappa shape index (κ2) is 9.65. The molecule has 6 heteroatoms. The Morgan fingerprint density at radius 1 is 1.03 bits per heavy atom. The Morgan fingerprint density at radius 2 is 1.64 bits per heavy atom. The highest BCUT2D eigenvalue weighted by atomic mass is 32.2. The molecule has 176 valence electrons. The molecular formula is C27H34N2O3S. The zero-order chi connectivity index (χ0) is 24.4. The van der Waals surface area contributed by atoms with Crippen molar-refractivity contribution in [3.63, 3.8) is 0 Å². The van der Waals surface area contributed by atoms with Gasteiger partial charge in [-0.1, -0.05) is 54.6 Å². The fourth-order valence-electron chi connectivity index (χ4n) is 3.67. The van der Waals surface area contributed by atoms with E-state index in [1.54, 1.807) is 4.57 Å². The molecule has 1 N–H and O–H groups in total. The Bertz CT molecular complexity index is 1150.